The van der Waals surface area contributed by atoms with Gasteiger partial charge in [-0.15, -0.1) is 11.3 Å². The van der Waals surface area contributed by atoms with E-state index in [9.17, 15) is 9.50 Å². The predicted molar refractivity (Wildman–Crippen MR) is 352 cm³/mol. The van der Waals surface area contributed by atoms with Gasteiger partial charge in [-0.1, -0.05) is 22.7 Å². The number of fused-ring (bicyclic) bond motifs is 6. The first-order valence-electron chi connectivity index (χ1n) is 30.1. The molecule has 11 heterocycles. The van der Waals surface area contributed by atoms with Crippen molar-refractivity contribution in [3.63, 3.8) is 0 Å². The first-order chi connectivity index (χ1) is 41.9. The maximum Gasteiger partial charge on any atom is 0.274 e. The number of piperazine rings is 1. The largest absolute Gasteiger partial charge is 0.506 e. The van der Waals surface area contributed by atoms with Crippen molar-refractivity contribution in [1.82, 2.24) is 69.9 Å². The number of ether oxygens (including phenoxy) is 1. The molecule has 0 bridgehead atoms. The second-order valence-corrected chi connectivity index (χ2v) is 28.7. The molecule has 4 aromatic carbocycles. The lowest BCUT2D eigenvalue weighted by Gasteiger charge is -2.45. The molecule has 0 saturated carbocycles. The zero-order valence-corrected chi connectivity index (χ0v) is 54.1. The van der Waals surface area contributed by atoms with E-state index in [4.69, 9.17) is 9.72 Å². The third kappa shape index (κ3) is 12.2. The minimum Gasteiger partial charge on any atom is -0.506 e. The standard InChI is InChI=1S/C24H28FN5OS.C21H23FN6S.C21H22N4OS/c1-13-7-18(28-30-12-14(2)26-21(13)30)15-8-17(25)20-19(9-15)32-22(27-20)31-16-10-23(3,4)29-24(5,6)11-16;1-11-5-17(26-28-10-14(4)24-20(11)28)15-6-16(22)19-18(7-15)29-21(25-19)27-8-12(2)23-13(3)9-27;1-12-7-14(8-16-11-25(2)24-19(12)16)15-9-17(26)20-18(10-15)27-21(23-20)13-3-5-22-6-4-13/h7-9,12,16,29H,10-11H2,1-6H3;5-7,10,12-13,23H,8-9H2,1-4H3;7-11,13,22,26H,3-6H2,1-2H3. The van der Waals surface area contributed by atoms with Crippen LogP contribution in [0.25, 0.3) is 86.5 Å². The van der Waals surface area contributed by atoms with E-state index in [1.165, 1.54) is 23.5 Å². The number of anilines is 1. The molecule has 0 amide bonds. The lowest BCUT2D eigenvalue weighted by Crippen LogP contribution is -2.60. The number of nitrogens with zero attached hydrogens (tertiary/aromatic N) is 12. The molecule has 2 unspecified atom stereocenters. The Bertz CT molecular complexity index is 4620. The summed E-state index contributed by atoms with van der Waals surface area (Å²) in [6.07, 6.45) is 9.79. The molecule has 2 atom stereocenters. The van der Waals surface area contributed by atoms with Crippen LogP contribution in [0, 0.1) is 46.3 Å². The van der Waals surface area contributed by atoms with Gasteiger partial charge < -0.3 is 30.7 Å². The minimum atomic E-state index is -0.365. The molecule has 0 radical (unpaired) electrons. The van der Waals surface area contributed by atoms with E-state index in [0.717, 1.165) is 154 Å². The van der Waals surface area contributed by atoms with Crippen LogP contribution >= 0.6 is 34.0 Å². The first kappa shape index (κ1) is 59.4. The van der Waals surface area contributed by atoms with E-state index in [1.54, 1.807) is 31.7 Å². The molecule has 22 heteroatoms. The number of aromatic nitrogens is 11. The van der Waals surface area contributed by atoms with Gasteiger partial charge in [-0.2, -0.15) is 20.3 Å². The van der Waals surface area contributed by atoms with Crippen molar-refractivity contribution < 1.29 is 18.6 Å². The van der Waals surface area contributed by atoms with Crippen LogP contribution in [-0.2, 0) is 7.05 Å². The van der Waals surface area contributed by atoms with E-state index in [2.05, 4.69) is 123 Å². The van der Waals surface area contributed by atoms with E-state index in [-0.39, 0.29) is 34.6 Å². The molecule has 12 aromatic rings. The Morgan fingerprint density at radius 1 is 0.591 bits per heavy atom. The van der Waals surface area contributed by atoms with Gasteiger partial charge in [0.15, 0.2) is 28.1 Å². The fourth-order valence-corrected chi connectivity index (χ4v) is 16.3. The van der Waals surface area contributed by atoms with Crippen molar-refractivity contribution in [2.24, 2.45) is 7.05 Å². The monoisotopic (exact) mass is 1240 g/mol. The topological polar surface area (TPSA) is 186 Å². The van der Waals surface area contributed by atoms with E-state index in [0.29, 0.717) is 45.5 Å². The Labute approximate surface area is 521 Å². The quantitative estimate of drug-likeness (QED) is 0.118. The molecule has 0 aliphatic carbocycles. The van der Waals surface area contributed by atoms with Gasteiger partial charge in [-0.3, -0.25) is 4.68 Å². The van der Waals surface area contributed by atoms with Crippen molar-refractivity contribution in [2.75, 3.05) is 31.1 Å². The van der Waals surface area contributed by atoms with Crippen LogP contribution in [0.3, 0.4) is 0 Å². The van der Waals surface area contributed by atoms with Crippen molar-refractivity contribution >= 4 is 92.0 Å². The molecule has 0 spiro atoms. The van der Waals surface area contributed by atoms with E-state index >= 15 is 4.39 Å². The Morgan fingerprint density at radius 3 is 1.76 bits per heavy atom. The molecule has 456 valence electrons. The number of rotatable bonds is 7. The number of hydrogen-bond donors (Lipinski definition) is 4. The molecule has 4 N–H and O–H groups in total. The summed E-state index contributed by atoms with van der Waals surface area (Å²) in [5.41, 5.74) is 14.1. The summed E-state index contributed by atoms with van der Waals surface area (Å²) < 4.78 is 44.3. The fourth-order valence-electron chi connectivity index (χ4n) is 13.2. The Morgan fingerprint density at radius 2 is 1.15 bits per heavy atom. The third-order valence-corrected chi connectivity index (χ3v) is 19.7. The molecule has 3 fully saturated rings. The highest BCUT2D eigenvalue weighted by molar-refractivity contribution is 7.22. The third-order valence-electron chi connectivity index (χ3n) is 16.6. The van der Waals surface area contributed by atoms with Crippen molar-refractivity contribution in [3.8, 4) is 44.6 Å². The molecule has 3 aliphatic rings. The number of piperidine rings is 2. The van der Waals surface area contributed by atoms with Gasteiger partial charge in [0, 0.05) is 84.8 Å². The second kappa shape index (κ2) is 23.1. The number of thiazole rings is 3. The Balaban J connectivity index is 0.000000122. The van der Waals surface area contributed by atoms with E-state index in [1.807, 2.05) is 88.3 Å². The van der Waals surface area contributed by atoms with Crippen LogP contribution < -0.4 is 25.6 Å². The molecule has 88 heavy (non-hydrogen) atoms. The van der Waals surface area contributed by atoms with Crippen LogP contribution in [0.1, 0.15) is 106 Å². The van der Waals surface area contributed by atoms with Gasteiger partial charge in [-0.05, 0) is 191 Å². The van der Waals surface area contributed by atoms with Crippen LogP contribution in [-0.4, -0.2) is 114 Å². The van der Waals surface area contributed by atoms with Crippen molar-refractivity contribution in [2.45, 2.75) is 137 Å². The fraction of sp³-hybridized carbons (Fsp3) is 0.394. The number of aryl methyl sites for hydroxylation is 6. The lowest BCUT2D eigenvalue weighted by molar-refractivity contribution is 0.0558. The lowest BCUT2D eigenvalue weighted by atomic mass is 9.81. The van der Waals surface area contributed by atoms with Crippen molar-refractivity contribution in [1.29, 1.82) is 0 Å². The first-order valence-corrected chi connectivity index (χ1v) is 32.5. The zero-order valence-electron chi connectivity index (χ0n) is 51.7. The van der Waals surface area contributed by atoms with Crippen LogP contribution in [0.4, 0.5) is 13.9 Å². The van der Waals surface area contributed by atoms with Crippen molar-refractivity contribution in [3.05, 3.63) is 124 Å². The van der Waals surface area contributed by atoms with Gasteiger partial charge in [0.05, 0.1) is 59.8 Å². The number of hydrogen-bond acceptors (Lipinski definition) is 17. The number of phenolic OH excluding ortho intramolecular Hbond substituents is 1. The normalized spacial score (nSPS) is 18.2. The summed E-state index contributed by atoms with van der Waals surface area (Å²) >= 11 is 4.65. The van der Waals surface area contributed by atoms with Gasteiger partial charge in [0.2, 0.25) is 0 Å². The number of aromatic hydroxyl groups is 1. The van der Waals surface area contributed by atoms with Crippen LogP contribution in [0.5, 0.6) is 10.9 Å². The zero-order chi connectivity index (χ0) is 61.7. The number of phenols is 1. The van der Waals surface area contributed by atoms with E-state index < -0.39 is 0 Å². The summed E-state index contributed by atoms with van der Waals surface area (Å²) in [4.78, 5) is 25.1. The number of imidazole rings is 2. The highest BCUT2D eigenvalue weighted by atomic mass is 32.1. The van der Waals surface area contributed by atoms with Gasteiger partial charge >= 0.3 is 0 Å². The maximum absolute atomic E-state index is 15.0. The highest BCUT2D eigenvalue weighted by Gasteiger charge is 2.39. The average molecular weight is 1240 g/mol. The van der Waals surface area contributed by atoms with Crippen LogP contribution in [0.2, 0.25) is 0 Å². The molecule has 15 rings (SSSR count). The summed E-state index contributed by atoms with van der Waals surface area (Å²) in [5, 5.41) is 38.7. The molecular formula is C66H73F2N15O2S3. The van der Waals surface area contributed by atoms with Gasteiger partial charge in [0.1, 0.15) is 28.4 Å². The van der Waals surface area contributed by atoms with Gasteiger partial charge in [0.25, 0.3) is 5.19 Å². The summed E-state index contributed by atoms with van der Waals surface area (Å²) in [7, 11) is 1.94. The highest BCUT2D eigenvalue weighted by Crippen LogP contribution is 2.41. The molecule has 17 nitrogen and oxygen atoms in total. The Kier molecular flexibility index (Phi) is 15.6. The smallest absolute Gasteiger partial charge is 0.274 e. The SMILES string of the molecule is Cc1cc(-c2cc(O)c3nc(C4CCNCC4)sc3c2)cc2cn(C)nc12.Cc1cn2nc(-c3cc(F)c4nc(N5CC(C)NC(C)C5)sc4c3)cc(C)c2n1.Cc1cn2nc(-c3cc(F)c4nc(OC5CC(C)(C)NC(C)(C)C5)sc4c3)cc(C)c2n1. The summed E-state index contributed by atoms with van der Waals surface area (Å²) in [6.45, 7) is 26.8. The van der Waals surface area contributed by atoms with Crippen LogP contribution in [0.15, 0.2) is 79.3 Å². The molecule has 3 saturated heterocycles. The number of halogens is 2. The summed E-state index contributed by atoms with van der Waals surface area (Å²) in [6, 6.07) is 19.9. The minimum absolute atomic E-state index is 0.0283. The Hall–Kier alpha value is -7.60. The average Bonchev–Trinajstić information content (AvgIpc) is 2.83. The maximum atomic E-state index is 15.0. The second-order valence-electron chi connectivity index (χ2n) is 25.7. The van der Waals surface area contributed by atoms with Gasteiger partial charge in [-0.25, -0.2) is 37.7 Å². The number of benzene rings is 4. The molecule has 8 aromatic heterocycles. The molecular weight excluding hydrogens is 1170 g/mol. The number of nitrogens with one attached hydrogen (secondary N) is 3. The predicted octanol–water partition coefficient (Wildman–Crippen LogP) is 13.7. The molecule has 3 aliphatic heterocycles. The summed E-state index contributed by atoms with van der Waals surface area (Å²) in [5.74, 6) is 0.0943.